The third kappa shape index (κ3) is 2.81. The van der Waals surface area contributed by atoms with Gasteiger partial charge in [-0.3, -0.25) is 4.79 Å². The highest BCUT2D eigenvalue weighted by atomic mass is 16.3. The number of nitrogens with one attached hydrogen (secondary N) is 1. The minimum atomic E-state index is -1.10. The average molecular weight is 454 g/mol. The van der Waals surface area contributed by atoms with E-state index in [0.717, 1.165) is 16.3 Å². The maximum atomic E-state index is 12.3. The van der Waals surface area contributed by atoms with E-state index in [1.165, 1.54) is 6.92 Å². The molecule has 2 fully saturated rings. The average Bonchev–Trinajstić information content (AvgIpc) is 3.40. The molecule has 2 aromatic heterocycles. The number of aliphatic hydroxyl groups excluding tert-OH is 2. The number of Topliss-reactive ketones (excluding diaryl/α,β-unsaturated/α-hetero) is 1. The quantitative estimate of drug-likeness (QED) is 0.408. The first-order valence-corrected chi connectivity index (χ1v) is 11.2. The first-order valence-electron chi connectivity index (χ1n) is 11.2. The van der Waals surface area contributed by atoms with Crippen LogP contribution < -0.4 is 5.32 Å². The molecule has 170 valence electrons. The molecule has 4 aromatic rings. The molecule has 8 heteroatoms. The van der Waals surface area contributed by atoms with Crippen LogP contribution in [0.5, 0.6) is 0 Å². The molecule has 0 bridgehead atoms. The summed E-state index contributed by atoms with van der Waals surface area (Å²) in [6.07, 6.45) is -0.0493. The number of nitrogens with zero attached hydrogens (tertiary/aromatic N) is 4. The predicted molar refractivity (Wildman–Crippen MR) is 127 cm³/mol. The highest BCUT2D eigenvalue weighted by Crippen LogP contribution is 2.68. The van der Waals surface area contributed by atoms with Crippen LogP contribution in [-0.4, -0.2) is 54.8 Å². The fourth-order valence-corrected chi connectivity index (χ4v) is 5.59. The largest absolute Gasteiger partial charge is 0.389 e. The summed E-state index contributed by atoms with van der Waals surface area (Å²) >= 11 is 0. The standard InChI is InChI=1S/C26H23N5O3/c1-14(32)26-12-18(26)21(22(33)23(26)34)31-13-28-20-24(27-2)29-19(30-25(20)31)11-10-16-8-5-7-15-6-3-4-9-17(15)16/h3-9,13,18,21-23,33-34H,12H2,1-2H3,(H,27,29,30)/t18?,21-,22+,23?,26-/m1/s1. The van der Waals surface area contributed by atoms with Gasteiger partial charge in [-0.25, -0.2) is 15.0 Å². The van der Waals surface area contributed by atoms with Crippen LogP contribution >= 0.6 is 0 Å². The van der Waals surface area contributed by atoms with Gasteiger partial charge in [0.05, 0.1) is 23.9 Å². The topological polar surface area (TPSA) is 113 Å². The zero-order valence-corrected chi connectivity index (χ0v) is 18.7. The third-order valence-electron chi connectivity index (χ3n) is 7.41. The summed E-state index contributed by atoms with van der Waals surface area (Å²) in [6, 6.07) is 13.5. The molecule has 0 spiro atoms. The van der Waals surface area contributed by atoms with Crippen LogP contribution in [0.1, 0.15) is 30.8 Å². The maximum absolute atomic E-state index is 12.3. The van der Waals surface area contributed by atoms with E-state index in [1.54, 1.807) is 17.9 Å². The Morgan fingerprint density at radius 2 is 1.94 bits per heavy atom. The van der Waals surface area contributed by atoms with Gasteiger partial charge in [-0.15, -0.1) is 0 Å². The summed E-state index contributed by atoms with van der Waals surface area (Å²) in [4.78, 5) is 25.9. The summed E-state index contributed by atoms with van der Waals surface area (Å²) in [6.45, 7) is 1.48. The van der Waals surface area contributed by atoms with Crippen molar-refractivity contribution in [1.29, 1.82) is 0 Å². The monoisotopic (exact) mass is 453 g/mol. The van der Waals surface area contributed by atoms with Gasteiger partial charge in [-0.05, 0) is 42.0 Å². The van der Waals surface area contributed by atoms with Gasteiger partial charge in [0.1, 0.15) is 11.9 Å². The fourth-order valence-electron chi connectivity index (χ4n) is 5.59. The van der Waals surface area contributed by atoms with E-state index in [1.807, 2.05) is 42.5 Å². The molecular formula is C26H23N5O3. The Kier molecular flexibility index (Phi) is 4.49. The SMILES string of the molecule is CNc1nc(C#Cc2cccc3ccccc23)nc2c1ncn2[C@@H]1C2C[C@]2(C(C)=O)C(O)[C@H]1O. The van der Waals surface area contributed by atoms with Crippen LogP contribution in [0.2, 0.25) is 0 Å². The summed E-state index contributed by atoms with van der Waals surface area (Å²) < 4.78 is 1.76. The van der Waals surface area contributed by atoms with Crippen molar-refractivity contribution in [3.8, 4) is 11.8 Å². The number of benzene rings is 2. The van der Waals surface area contributed by atoms with E-state index >= 15 is 0 Å². The number of carbonyl (C=O) groups excluding carboxylic acids is 1. The van der Waals surface area contributed by atoms with Crippen molar-refractivity contribution >= 4 is 33.5 Å². The molecule has 34 heavy (non-hydrogen) atoms. The minimum absolute atomic E-state index is 0.0943. The van der Waals surface area contributed by atoms with Crippen LogP contribution in [0.25, 0.3) is 21.9 Å². The van der Waals surface area contributed by atoms with Crippen LogP contribution in [0.3, 0.4) is 0 Å². The van der Waals surface area contributed by atoms with E-state index in [0.29, 0.717) is 29.2 Å². The van der Waals surface area contributed by atoms with Gasteiger partial charge >= 0.3 is 0 Å². The molecule has 3 N–H and O–H groups in total. The molecule has 2 heterocycles. The van der Waals surface area contributed by atoms with Crippen molar-refractivity contribution in [2.45, 2.75) is 31.6 Å². The molecule has 0 radical (unpaired) electrons. The second kappa shape index (κ2) is 7.35. The Balaban J connectivity index is 1.45. The Morgan fingerprint density at radius 3 is 2.71 bits per heavy atom. The van der Waals surface area contributed by atoms with Crippen molar-refractivity contribution in [2.75, 3.05) is 12.4 Å². The molecule has 6 rings (SSSR count). The van der Waals surface area contributed by atoms with Crippen LogP contribution in [0.4, 0.5) is 5.82 Å². The number of anilines is 1. The molecule has 8 nitrogen and oxygen atoms in total. The normalized spacial score (nSPS) is 27.3. The predicted octanol–water partition coefficient (Wildman–Crippen LogP) is 2.29. The second-order valence-electron chi connectivity index (χ2n) is 9.08. The molecule has 5 atom stereocenters. The number of aromatic nitrogens is 4. The lowest BCUT2D eigenvalue weighted by Gasteiger charge is -2.23. The molecule has 2 aromatic carbocycles. The number of rotatable bonds is 3. The second-order valence-corrected chi connectivity index (χ2v) is 9.08. The molecule has 0 saturated heterocycles. The Hall–Kier alpha value is -3.80. The number of ketones is 1. The number of aliphatic hydroxyl groups is 2. The van der Waals surface area contributed by atoms with Gasteiger partial charge in [0.25, 0.3) is 0 Å². The first-order chi connectivity index (χ1) is 16.5. The number of fused-ring (bicyclic) bond motifs is 3. The zero-order chi connectivity index (χ0) is 23.6. The smallest absolute Gasteiger partial charge is 0.209 e. The Morgan fingerprint density at radius 1 is 1.15 bits per heavy atom. The van der Waals surface area contributed by atoms with Crippen LogP contribution in [0, 0.1) is 23.2 Å². The van der Waals surface area contributed by atoms with Gasteiger partial charge in [0, 0.05) is 12.6 Å². The van der Waals surface area contributed by atoms with Crippen molar-refractivity contribution in [1.82, 2.24) is 19.5 Å². The molecule has 2 aliphatic carbocycles. The van der Waals surface area contributed by atoms with Crippen molar-refractivity contribution < 1.29 is 15.0 Å². The highest BCUT2D eigenvalue weighted by molar-refractivity contribution is 5.89. The van der Waals surface area contributed by atoms with Crippen LogP contribution in [0.15, 0.2) is 48.8 Å². The first kappa shape index (κ1) is 20.8. The van der Waals surface area contributed by atoms with Gasteiger partial charge < -0.3 is 20.1 Å². The highest BCUT2D eigenvalue weighted by Gasteiger charge is 2.74. The number of hydrogen-bond donors (Lipinski definition) is 3. The summed E-state index contributed by atoms with van der Waals surface area (Å²) in [5, 5.41) is 26.7. The summed E-state index contributed by atoms with van der Waals surface area (Å²) in [7, 11) is 1.75. The van der Waals surface area contributed by atoms with E-state index in [9.17, 15) is 15.0 Å². The van der Waals surface area contributed by atoms with Gasteiger partial charge in [-0.1, -0.05) is 42.3 Å². The maximum Gasteiger partial charge on any atom is 0.209 e. The molecule has 2 unspecified atom stereocenters. The molecule has 0 amide bonds. The number of imidazole rings is 1. The van der Waals surface area contributed by atoms with Crippen LogP contribution in [-0.2, 0) is 4.79 Å². The lowest BCUT2D eigenvalue weighted by molar-refractivity contribution is -0.128. The number of carbonyl (C=O) groups is 1. The van der Waals surface area contributed by atoms with Gasteiger partial charge in [0.2, 0.25) is 5.82 Å². The molecular weight excluding hydrogens is 430 g/mol. The summed E-state index contributed by atoms with van der Waals surface area (Å²) in [5.41, 5.74) is 1.04. The lowest BCUT2D eigenvalue weighted by Crippen LogP contribution is -2.36. The van der Waals surface area contributed by atoms with E-state index < -0.39 is 23.7 Å². The fraction of sp³-hybridized carbons (Fsp3) is 0.308. The Bertz CT molecular complexity index is 1530. The van der Waals surface area contributed by atoms with Gasteiger partial charge in [-0.2, -0.15) is 0 Å². The van der Waals surface area contributed by atoms with Crippen molar-refractivity contribution in [3.05, 3.63) is 60.2 Å². The lowest BCUT2D eigenvalue weighted by atomic mass is 9.95. The van der Waals surface area contributed by atoms with E-state index in [4.69, 9.17) is 0 Å². The minimum Gasteiger partial charge on any atom is -0.389 e. The van der Waals surface area contributed by atoms with Crippen molar-refractivity contribution in [3.63, 3.8) is 0 Å². The molecule has 2 saturated carbocycles. The Labute approximate surface area is 195 Å². The molecule has 0 aliphatic heterocycles. The third-order valence-corrected chi connectivity index (χ3v) is 7.41. The van der Waals surface area contributed by atoms with E-state index in [-0.39, 0.29) is 11.7 Å². The van der Waals surface area contributed by atoms with Crippen molar-refractivity contribution in [2.24, 2.45) is 11.3 Å². The molecule has 2 aliphatic rings. The zero-order valence-electron chi connectivity index (χ0n) is 18.7. The van der Waals surface area contributed by atoms with E-state index in [2.05, 4.69) is 32.1 Å². The van der Waals surface area contributed by atoms with Gasteiger partial charge in [0.15, 0.2) is 17.0 Å². The number of hydrogen-bond acceptors (Lipinski definition) is 7. The summed E-state index contributed by atoms with van der Waals surface area (Å²) in [5.74, 6) is 6.84.